The van der Waals surface area contributed by atoms with Crippen LogP contribution in [0.1, 0.15) is 21.5 Å². The highest BCUT2D eigenvalue weighted by Gasteiger charge is 2.11. The maximum Gasteiger partial charge on any atom is 0.274 e. The standard InChI is InChI=1S/C24H16Cl3N3O2/c25-17-9-7-16(21(26)12-17)14-32-22-10-8-15-4-1-2-5-18(15)20(22)13-29-30-24(31)19-6-3-11-28-23(19)27/h1-13H,14H2,(H,30,31). The van der Waals surface area contributed by atoms with Crippen molar-refractivity contribution in [3.63, 3.8) is 0 Å². The van der Waals surface area contributed by atoms with Gasteiger partial charge in [-0.05, 0) is 41.1 Å². The van der Waals surface area contributed by atoms with Gasteiger partial charge in [0, 0.05) is 27.4 Å². The maximum absolute atomic E-state index is 12.4. The van der Waals surface area contributed by atoms with Crippen molar-refractivity contribution in [2.75, 3.05) is 0 Å². The fourth-order valence-electron chi connectivity index (χ4n) is 3.10. The highest BCUT2D eigenvalue weighted by atomic mass is 35.5. The highest BCUT2D eigenvalue weighted by Crippen LogP contribution is 2.29. The van der Waals surface area contributed by atoms with E-state index in [4.69, 9.17) is 39.5 Å². The number of carbonyl (C=O) groups is 1. The molecule has 1 N–H and O–H groups in total. The minimum atomic E-state index is -0.463. The first-order valence-corrected chi connectivity index (χ1v) is 10.7. The van der Waals surface area contributed by atoms with E-state index in [1.54, 1.807) is 30.5 Å². The molecule has 1 aromatic heterocycles. The summed E-state index contributed by atoms with van der Waals surface area (Å²) in [5, 5.41) is 7.23. The van der Waals surface area contributed by atoms with Crippen LogP contribution in [0.3, 0.4) is 0 Å². The van der Waals surface area contributed by atoms with E-state index in [0.29, 0.717) is 21.4 Å². The first kappa shape index (κ1) is 22.1. The monoisotopic (exact) mass is 483 g/mol. The molecule has 1 heterocycles. The van der Waals surface area contributed by atoms with Gasteiger partial charge in [0.15, 0.2) is 0 Å². The third-order valence-corrected chi connectivity index (χ3v) is 5.58. The first-order chi connectivity index (χ1) is 15.5. The Morgan fingerprint density at radius 3 is 2.69 bits per heavy atom. The van der Waals surface area contributed by atoms with Gasteiger partial charge in [-0.1, -0.05) is 71.2 Å². The van der Waals surface area contributed by atoms with Crippen LogP contribution in [0, 0.1) is 0 Å². The summed E-state index contributed by atoms with van der Waals surface area (Å²) in [5.74, 6) is 0.127. The van der Waals surface area contributed by atoms with Crippen LogP contribution in [-0.2, 0) is 6.61 Å². The normalized spacial score (nSPS) is 11.1. The third kappa shape index (κ3) is 5.02. The van der Waals surface area contributed by atoms with E-state index in [2.05, 4.69) is 15.5 Å². The second-order valence-electron chi connectivity index (χ2n) is 6.76. The van der Waals surface area contributed by atoms with Crippen molar-refractivity contribution in [2.24, 2.45) is 5.10 Å². The smallest absolute Gasteiger partial charge is 0.274 e. The Labute approximate surface area is 199 Å². The topological polar surface area (TPSA) is 63.6 Å². The fourth-order valence-corrected chi connectivity index (χ4v) is 3.77. The number of ether oxygens (including phenoxy) is 1. The first-order valence-electron chi connectivity index (χ1n) is 9.55. The fraction of sp³-hybridized carbons (Fsp3) is 0.0417. The lowest BCUT2D eigenvalue weighted by Crippen LogP contribution is -2.18. The van der Waals surface area contributed by atoms with Crippen LogP contribution in [0.2, 0.25) is 15.2 Å². The van der Waals surface area contributed by atoms with Gasteiger partial charge in [0.25, 0.3) is 5.91 Å². The number of fused-ring (bicyclic) bond motifs is 1. The van der Waals surface area contributed by atoms with Gasteiger partial charge in [-0.15, -0.1) is 0 Å². The molecule has 0 aliphatic heterocycles. The minimum Gasteiger partial charge on any atom is -0.488 e. The molecule has 0 spiro atoms. The van der Waals surface area contributed by atoms with Crippen molar-refractivity contribution in [1.82, 2.24) is 10.4 Å². The molecule has 5 nitrogen and oxygen atoms in total. The second kappa shape index (κ2) is 10.0. The number of hydrogen-bond acceptors (Lipinski definition) is 4. The Hall–Kier alpha value is -3.12. The Balaban J connectivity index is 1.60. The predicted molar refractivity (Wildman–Crippen MR) is 129 cm³/mol. The maximum atomic E-state index is 12.4. The molecule has 8 heteroatoms. The van der Waals surface area contributed by atoms with Gasteiger partial charge in [0.05, 0.1) is 11.8 Å². The SMILES string of the molecule is O=C(NN=Cc1c(OCc2ccc(Cl)cc2Cl)ccc2ccccc12)c1cccnc1Cl. The molecule has 0 unspecified atom stereocenters. The Morgan fingerprint density at radius 2 is 1.88 bits per heavy atom. The lowest BCUT2D eigenvalue weighted by Gasteiger charge is -2.13. The summed E-state index contributed by atoms with van der Waals surface area (Å²) in [6.07, 6.45) is 3.05. The minimum absolute atomic E-state index is 0.106. The summed E-state index contributed by atoms with van der Waals surface area (Å²) in [7, 11) is 0. The van der Waals surface area contributed by atoms with E-state index >= 15 is 0 Å². The molecule has 4 rings (SSSR count). The number of rotatable bonds is 6. The zero-order valence-corrected chi connectivity index (χ0v) is 18.8. The van der Waals surface area contributed by atoms with Crippen LogP contribution in [0.5, 0.6) is 5.75 Å². The van der Waals surface area contributed by atoms with Gasteiger partial charge < -0.3 is 4.74 Å². The molecule has 4 aromatic rings. The van der Waals surface area contributed by atoms with Crippen molar-refractivity contribution in [1.29, 1.82) is 0 Å². The molecule has 32 heavy (non-hydrogen) atoms. The molecule has 0 fully saturated rings. The lowest BCUT2D eigenvalue weighted by atomic mass is 10.0. The van der Waals surface area contributed by atoms with Crippen molar-refractivity contribution in [3.8, 4) is 5.75 Å². The average molecular weight is 485 g/mol. The van der Waals surface area contributed by atoms with Gasteiger partial charge in [-0.25, -0.2) is 10.4 Å². The van der Waals surface area contributed by atoms with E-state index in [1.165, 1.54) is 6.20 Å². The van der Waals surface area contributed by atoms with Crippen LogP contribution in [0.4, 0.5) is 0 Å². The van der Waals surface area contributed by atoms with E-state index < -0.39 is 5.91 Å². The zero-order chi connectivity index (χ0) is 22.5. The number of aromatic nitrogens is 1. The summed E-state index contributed by atoms with van der Waals surface area (Å²) >= 11 is 18.2. The quantitative estimate of drug-likeness (QED) is 0.192. The molecular formula is C24H16Cl3N3O2. The number of carbonyl (C=O) groups excluding carboxylic acids is 1. The summed E-state index contributed by atoms with van der Waals surface area (Å²) in [6, 6.07) is 20.1. The van der Waals surface area contributed by atoms with Crippen LogP contribution in [0.25, 0.3) is 10.8 Å². The van der Waals surface area contributed by atoms with Gasteiger partial charge in [0.1, 0.15) is 17.5 Å². The van der Waals surface area contributed by atoms with Crippen molar-refractivity contribution < 1.29 is 9.53 Å². The van der Waals surface area contributed by atoms with Crippen LogP contribution in [0.15, 0.2) is 78.0 Å². The average Bonchev–Trinajstić information content (AvgIpc) is 2.79. The largest absolute Gasteiger partial charge is 0.488 e. The van der Waals surface area contributed by atoms with Gasteiger partial charge in [0.2, 0.25) is 0 Å². The van der Waals surface area contributed by atoms with Crippen LogP contribution < -0.4 is 10.2 Å². The molecule has 3 aromatic carbocycles. The van der Waals surface area contributed by atoms with Crippen molar-refractivity contribution in [3.05, 3.63) is 105 Å². The number of nitrogens with zero attached hydrogens (tertiary/aromatic N) is 2. The van der Waals surface area contributed by atoms with E-state index in [9.17, 15) is 4.79 Å². The zero-order valence-electron chi connectivity index (χ0n) is 16.6. The molecule has 0 bridgehead atoms. The lowest BCUT2D eigenvalue weighted by molar-refractivity contribution is 0.0955. The van der Waals surface area contributed by atoms with Crippen LogP contribution in [-0.4, -0.2) is 17.1 Å². The van der Waals surface area contributed by atoms with E-state index in [-0.39, 0.29) is 17.3 Å². The van der Waals surface area contributed by atoms with Gasteiger partial charge >= 0.3 is 0 Å². The molecule has 0 aliphatic carbocycles. The van der Waals surface area contributed by atoms with Gasteiger partial charge in [-0.3, -0.25) is 4.79 Å². The summed E-state index contributed by atoms with van der Waals surface area (Å²) in [6.45, 7) is 0.243. The molecule has 160 valence electrons. The van der Waals surface area contributed by atoms with E-state index in [1.807, 2.05) is 42.5 Å². The van der Waals surface area contributed by atoms with E-state index in [0.717, 1.165) is 16.3 Å². The Morgan fingerprint density at radius 1 is 1.03 bits per heavy atom. The molecule has 1 amide bonds. The third-order valence-electron chi connectivity index (χ3n) is 4.69. The number of hydrazone groups is 1. The number of nitrogens with one attached hydrogen (secondary N) is 1. The van der Waals surface area contributed by atoms with Gasteiger partial charge in [-0.2, -0.15) is 5.10 Å². The summed E-state index contributed by atoms with van der Waals surface area (Å²) in [4.78, 5) is 16.3. The number of hydrogen-bond donors (Lipinski definition) is 1. The molecule has 0 radical (unpaired) electrons. The van der Waals surface area contributed by atoms with Crippen LogP contribution >= 0.6 is 34.8 Å². The highest BCUT2D eigenvalue weighted by molar-refractivity contribution is 6.35. The summed E-state index contributed by atoms with van der Waals surface area (Å²) in [5.41, 5.74) is 4.23. The summed E-state index contributed by atoms with van der Waals surface area (Å²) < 4.78 is 6.05. The molecule has 0 saturated carbocycles. The Bertz CT molecular complexity index is 1330. The van der Waals surface area contributed by atoms with Crippen molar-refractivity contribution in [2.45, 2.75) is 6.61 Å². The molecule has 0 atom stereocenters. The molecular weight excluding hydrogens is 469 g/mol. The number of amides is 1. The molecule has 0 aliphatic rings. The predicted octanol–water partition coefficient (Wildman–Crippen LogP) is 6.54. The molecule has 0 saturated heterocycles. The second-order valence-corrected chi connectivity index (χ2v) is 7.97. The Kier molecular flexibility index (Phi) is 6.90. The number of pyridine rings is 1. The number of benzene rings is 3. The number of halogens is 3. The van der Waals surface area contributed by atoms with Crippen molar-refractivity contribution >= 4 is 57.7 Å².